The Morgan fingerprint density at radius 1 is 1.21 bits per heavy atom. The molecule has 0 aliphatic carbocycles. The van der Waals surface area contributed by atoms with Crippen molar-refractivity contribution in [1.82, 2.24) is 5.32 Å². The molecule has 1 aromatic rings. The van der Waals surface area contributed by atoms with Crippen LogP contribution in [0.5, 0.6) is 0 Å². The Balaban J connectivity index is 0.00000133. The quantitative estimate of drug-likeness (QED) is 0.869. The molecule has 1 aromatic carbocycles. The molecule has 0 amide bonds. The molecule has 1 saturated heterocycles. The molecule has 0 bridgehead atoms. The molecular weight excluding hydrogens is 260 g/mol. The monoisotopic (exact) mass is 282 g/mol. The van der Waals surface area contributed by atoms with Crippen molar-refractivity contribution in [2.45, 2.75) is 25.4 Å². The highest BCUT2D eigenvalue weighted by molar-refractivity contribution is 5.85. The van der Waals surface area contributed by atoms with E-state index >= 15 is 0 Å². The molecule has 2 N–H and O–H groups in total. The summed E-state index contributed by atoms with van der Waals surface area (Å²) >= 11 is 0. The van der Waals surface area contributed by atoms with Crippen LogP contribution in [-0.4, -0.2) is 37.4 Å². The molecular formula is C15H23ClN2O. The minimum absolute atomic E-state index is 0. The van der Waals surface area contributed by atoms with Crippen LogP contribution in [0.2, 0.25) is 0 Å². The van der Waals surface area contributed by atoms with Crippen LogP contribution >= 0.6 is 12.4 Å². The van der Waals surface area contributed by atoms with E-state index in [2.05, 4.69) is 34.5 Å². The predicted molar refractivity (Wildman–Crippen MR) is 81.2 cm³/mol. The highest BCUT2D eigenvalue weighted by Crippen LogP contribution is 2.28. The summed E-state index contributed by atoms with van der Waals surface area (Å²) in [6.07, 6.45) is 3.12. The summed E-state index contributed by atoms with van der Waals surface area (Å²) < 4.78 is 0. The van der Waals surface area contributed by atoms with Gasteiger partial charge in [0.15, 0.2) is 0 Å². The number of rotatable bonds is 2. The SMILES string of the molecule is Cl.OC1Cc2ccccc2N(CC2CCNCC2)C1. The first kappa shape index (κ1) is 14.6. The van der Waals surface area contributed by atoms with E-state index < -0.39 is 0 Å². The van der Waals surface area contributed by atoms with Crippen LogP contribution in [0.3, 0.4) is 0 Å². The van der Waals surface area contributed by atoms with Crippen LogP contribution in [0, 0.1) is 5.92 Å². The Morgan fingerprint density at radius 3 is 2.74 bits per heavy atom. The normalized spacial score (nSPS) is 23.6. The second-order valence-electron chi connectivity index (χ2n) is 5.59. The van der Waals surface area contributed by atoms with Crippen LogP contribution in [0.25, 0.3) is 0 Å². The highest BCUT2D eigenvalue weighted by Gasteiger charge is 2.25. The maximum atomic E-state index is 10.0. The molecule has 0 radical (unpaired) electrons. The van der Waals surface area contributed by atoms with Gasteiger partial charge in [-0.2, -0.15) is 0 Å². The number of fused-ring (bicyclic) bond motifs is 1. The van der Waals surface area contributed by atoms with Crippen LogP contribution in [-0.2, 0) is 6.42 Å². The summed E-state index contributed by atoms with van der Waals surface area (Å²) in [6, 6.07) is 8.51. The molecule has 106 valence electrons. The van der Waals surface area contributed by atoms with Crippen LogP contribution < -0.4 is 10.2 Å². The molecule has 3 nitrogen and oxygen atoms in total. The number of benzene rings is 1. The molecule has 3 rings (SSSR count). The smallest absolute Gasteiger partial charge is 0.0756 e. The molecule has 1 fully saturated rings. The third kappa shape index (κ3) is 3.41. The molecule has 2 heterocycles. The molecule has 0 spiro atoms. The van der Waals surface area contributed by atoms with Crippen molar-refractivity contribution in [3.05, 3.63) is 29.8 Å². The van der Waals surface area contributed by atoms with Crippen molar-refractivity contribution in [1.29, 1.82) is 0 Å². The first-order chi connectivity index (χ1) is 8.83. The number of halogens is 1. The third-order valence-corrected chi connectivity index (χ3v) is 4.16. The lowest BCUT2D eigenvalue weighted by Gasteiger charge is -2.37. The predicted octanol–water partition coefficient (Wildman–Crippen LogP) is 1.83. The van der Waals surface area contributed by atoms with Gasteiger partial charge in [0.2, 0.25) is 0 Å². The number of aliphatic hydroxyl groups is 1. The van der Waals surface area contributed by atoms with Gasteiger partial charge in [0.25, 0.3) is 0 Å². The van der Waals surface area contributed by atoms with E-state index in [4.69, 9.17) is 0 Å². The van der Waals surface area contributed by atoms with E-state index in [-0.39, 0.29) is 18.5 Å². The van der Waals surface area contributed by atoms with Gasteiger partial charge < -0.3 is 15.3 Å². The number of nitrogens with one attached hydrogen (secondary N) is 1. The van der Waals surface area contributed by atoms with Crippen molar-refractivity contribution in [3.63, 3.8) is 0 Å². The zero-order valence-electron chi connectivity index (χ0n) is 11.2. The third-order valence-electron chi connectivity index (χ3n) is 4.16. The lowest BCUT2D eigenvalue weighted by Crippen LogP contribution is -2.43. The Labute approximate surface area is 121 Å². The number of hydrogen-bond donors (Lipinski definition) is 2. The van der Waals surface area contributed by atoms with Gasteiger partial charge in [0.05, 0.1) is 6.10 Å². The summed E-state index contributed by atoms with van der Waals surface area (Å²) in [5.41, 5.74) is 2.63. The van der Waals surface area contributed by atoms with E-state index in [0.717, 1.165) is 38.5 Å². The standard InChI is InChI=1S/C15H22N2O.ClH/c18-14-9-13-3-1-2-4-15(13)17(11-14)10-12-5-7-16-8-6-12;/h1-4,12,14,16,18H,5-11H2;1H. The lowest BCUT2D eigenvalue weighted by atomic mass is 9.94. The number of β-amino-alcohol motifs (C(OH)–C–C–N with tert-alkyl or cyclic N) is 1. The summed E-state index contributed by atoms with van der Waals surface area (Å²) in [4.78, 5) is 2.39. The van der Waals surface area contributed by atoms with Gasteiger partial charge in [-0.05, 0) is 43.5 Å². The number of aliphatic hydroxyl groups excluding tert-OH is 1. The van der Waals surface area contributed by atoms with Gasteiger partial charge in [-0.1, -0.05) is 18.2 Å². The average Bonchev–Trinajstić information content (AvgIpc) is 2.40. The highest BCUT2D eigenvalue weighted by atomic mass is 35.5. The molecule has 2 aliphatic rings. The van der Waals surface area contributed by atoms with E-state index in [1.807, 2.05) is 0 Å². The van der Waals surface area contributed by atoms with Gasteiger partial charge in [-0.15, -0.1) is 12.4 Å². The fourth-order valence-electron chi connectivity index (χ4n) is 3.21. The van der Waals surface area contributed by atoms with Crippen molar-refractivity contribution in [3.8, 4) is 0 Å². The summed E-state index contributed by atoms with van der Waals surface area (Å²) in [5.74, 6) is 0.768. The maximum Gasteiger partial charge on any atom is 0.0756 e. The lowest BCUT2D eigenvalue weighted by molar-refractivity contribution is 0.172. The van der Waals surface area contributed by atoms with Gasteiger partial charge in [-0.25, -0.2) is 0 Å². The van der Waals surface area contributed by atoms with Crippen LogP contribution in [0.4, 0.5) is 5.69 Å². The van der Waals surface area contributed by atoms with E-state index in [1.54, 1.807) is 0 Å². The second kappa shape index (κ2) is 6.60. The van der Waals surface area contributed by atoms with Crippen molar-refractivity contribution >= 4 is 18.1 Å². The number of para-hydroxylation sites is 1. The summed E-state index contributed by atoms with van der Waals surface area (Å²) in [6.45, 7) is 4.17. The fraction of sp³-hybridized carbons (Fsp3) is 0.600. The van der Waals surface area contributed by atoms with Crippen molar-refractivity contribution in [2.75, 3.05) is 31.1 Å². The average molecular weight is 283 g/mol. The van der Waals surface area contributed by atoms with Gasteiger partial charge in [0, 0.05) is 25.2 Å². The van der Waals surface area contributed by atoms with Gasteiger partial charge in [-0.3, -0.25) is 0 Å². The Hall–Kier alpha value is -0.770. The topological polar surface area (TPSA) is 35.5 Å². The molecule has 0 saturated carbocycles. The first-order valence-electron chi connectivity index (χ1n) is 7.04. The first-order valence-corrected chi connectivity index (χ1v) is 7.04. The zero-order chi connectivity index (χ0) is 12.4. The Kier molecular flexibility index (Phi) is 5.08. The van der Waals surface area contributed by atoms with Gasteiger partial charge >= 0.3 is 0 Å². The largest absolute Gasteiger partial charge is 0.391 e. The number of nitrogens with zero attached hydrogens (tertiary/aromatic N) is 1. The van der Waals surface area contributed by atoms with Crippen molar-refractivity contribution in [2.24, 2.45) is 5.92 Å². The number of anilines is 1. The Morgan fingerprint density at radius 2 is 1.95 bits per heavy atom. The molecule has 4 heteroatoms. The Bertz CT molecular complexity index is 407. The summed E-state index contributed by atoms with van der Waals surface area (Å²) in [7, 11) is 0. The van der Waals surface area contributed by atoms with E-state index in [9.17, 15) is 5.11 Å². The van der Waals surface area contributed by atoms with Crippen LogP contribution in [0.1, 0.15) is 18.4 Å². The summed E-state index contributed by atoms with van der Waals surface area (Å²) in [5, 5.41) is 13.4. The molecule has 0 aromatic heterocycles. The maximum absolute atomic E-state index is 10.0. The molecule has 19 heavy (non-hydrogen) atoms. The van der Waals surface area contributed by atoms with Crippen LogP contribution in [0.15, 0.2) is 24.3 Å². The van der Waals surface area contributed by atoms with E-state index in [0.29, 0.717) is 0 Å². The molecule has 1 atom stereocenters. The molecule has 1 unspecified atom stereocenters. The number of hydrogen-bond acceptors (Lipinski definition) is 3. The van der Waals surface area contributed by atoms with E-state index in [1.165, 1.54) is 24.1 Å². The second-order valence-corrected chi connectivity index (χ2v) is 5.59. The fourth-order valence-corrected chi connectivity index (χ4v) is 3.21. The van der Waals surface area contributed by atoms with Crippen molar-refractivity contribution < 1.29 is 5.11 Å². The van der Waals surface area contributed by atoms with Gasteiger partial charge in [0.1, 0.15) is 0 Å². The number of piperidine rings is 1. The molecule has 2 aliphatic heterocycles. The zero-order valence-corrected chi connectivity index (χ0v) is 12.0. The minimum atomic E-state index is -0.207. The minimum Gasteiger partial charge on any atom is -0.391 e.